The molecule has 8 heteroatoms. The van der Waals surface area contributed by atoms with Crippen molar-refractivity contribution >= 4 is 46.5 Å². The third kappa shape index (κ3) is 4.76. The molecule has 0 saturated carbocycles. The van der Waals surface area contributed by atoms with E-state index in [0.29, 0.717) is 33.7 Å². The Bertz CT molecular complexity index is 1360. The van der Waals surface area contributed by atoms with Gasteiger partial charge in [0, 0.05) is 48.1 Å². The van der Waals surface area contributed by atoms with Crippen LogP contribution in [0.15, 0.2) is 72.9 Å². The van der Waals surface area contributed by atoms with Gasteiger partial charge in [0.2, 0.25) is 0 Å². The maximum Gasteiger partial charge on any atom is 0.255 e. The second-order valence-electron chi connectivity index (χ2n) is 8.43. The number of carbonyl (C=O) groups is 1. The van der Waals surface area contributed by atoms with Gasteiger partial charge in [-0.2, -0.15) is 0 Å². The summed E-state index contributed by atoms with van der Waals surface area (Å²) < 4.78 is 2.01. The topological polar surface area (TPSA) is 41.4 Å². The molecule has 0 spiro atoms. The zero-order valence-electron chi connectivity index (χ0n) is 19.1. The number of benzene rings is 2. The van der Waals surface area contributed by atoms with E-state index in [1.807, 2.05) is 71.0 Å². The van der Waals surface area contributed by atoms with E-state index in [1.165, 1.54) is 0 Å². The smallest absolute Gasteiger partial charge is 0.255 e. The van der Waals surface area contributed by atoms with Crippen LogP contribution >= 0.6 is 34.8 Å². The summed E-state index contributed by atoms with van der Waals surface area (Å²) in [5.41, 5.74) is 4.02. The Balaban J connectivity index is 1.50. The molecular weight excluding hydrogens is 503 g/mol. The van der Waals surface area contributed by atoms with Gasteiger partial charge < -0.3 is 14.4 Å². The predicted octanol–water partition coefficient (Wildman–Crippen LogP) is 6.77. The maximum atomic E-state index is 13.7. The van der Waals surface area contributed by atoms with Crippen molar-refractivity contribution in [3.63, 3.8) is 0 Å². The lowest BCUT2D eigenvalue weighted by Crippen LogP contribution is -2.49. The number of anilines is 1. The van der Waals surface area contributed by atoms with Gasteiger partial charge in [-0.05, 0) is 61.0 Å². The number of amides is 1. The third-order valence-electron chi connectivity index (χ3n) is 6.31. The molecule has 0 unspecified atom stereocenters. The zero-order chi connectivity index (χ0) is 24.5. The standard InChI is InChI=1S/C27H23Cl3N4O/c1-18-22(27(35)33-14-12-32(13-15-33)26-4-2-3-11-31-26)17-25(19-5-7-20(28)8-6-19)34(18)24-10-9-21(29)16-23(24)30/h2-11,16-17H,12-15H2,1H3. The van der Waals surface area contributed by atoms with Gasteiger partial charge in [-0.25, -0.2) is 4.98 Å². The summed E-state index contributed by atoms with van der Waals surface area (Å²) in [6.07, 6.45) is 1.79. The first-order valence-corrected chi connectivity index (χ1v) is 12.4. The van der Waals surface area contributed by atoms with Gasteiger partial charge in [0.05, 0.1) is 22.0 Å². The summed E-state index contributed by atoms with van der Waals surface area (Å²) in [4.78, 5) is 22.2. The number of halogens is 3. The van der Waals surface area contributed by atoms with Crippen molar-refractivity contribution in [1.82, 2.24) is 14.5 Å². The molecule has 1 aliphatic rings. The van der Waals surface area contributed by atoms with Crippen LogP contribution < -0.4 is 4.90 Å². The zero-order valence-corrected chi connectivity index (χ0v) is 21.4. The maximum absolute atomic E-state index is 13.7. The van der Waals surface area contributed by atoms with Crippen LogP contribution in [-0.4, -0.2) is 46.5 Å². The van der Waals surface area contributed by atoms with E-state index in [0.717, 1.165) is 41.5 Å². The van der Waals surface area contributed by atoms with Crippen LogP contribution in [0.2, 0.25) is 15.1 Å². The number of piperazine rings is 1. The Hall–Kier alpha value is -2.99. The second kappa shape index (κ2) is 9.94. The van der Waals surface area contributed by atoms with E-state index in [4.69, 9.17) is 34.8 Å². The molecule has 0 bridgehead atoms. The average Bonchev–Trinajstić information content (AvgIpc) is 3.21. The van der Waals surface area contributed by atoms with Crippen molar-refractivity contribution in [2.75, 3.05) is 31.1 Å². The molecule has 0 atom stereocenters. The highest BCUT2D eigenvalue weighted by Gasteiger charge is 2.27. The Labute approximate surface area is 219 Å². The van der Waals surface area contributed by atoms with E-state index in [9.17, 15) is 4.79 Å². The third-order valence-corrected chi connectivity index (χ3v) is 7.10. The Morgan fingerprint density at radius 1 is 0.857 bits per heavy atom. The van der Waals surface area contributed by atoms with Gasteiger partial charge in [-0.15, -0.1) is 0 Å². The number of pyridine rings is 1. The van der Waals surface area contributed by atoms with Crippen LogP contribution in [-0.2, 0) is 0 Å². The number of aromatic nitrogens is 2. The number of carbonyl (C=O) groups excluding carboxylic acids is 1. The second-order valence-corrected chi connectivity index (χ2v) is 9.71. The van der Waals surface area contributed by atoms with Gasteiger partial charge in [0.15, 0.2) is 0 Å². The average molecular weight is 526 g/mol. The van der Waals surface area contributed by atoms with Crippen molar-refractivity contribution < 1.29 is 4.79 Å². The fourth-order valence-corrected chi connectivity index (χ4v) is 5.10. The summed E-state index contributed by atoms with van der Waals surface area (Å²) in [5.74, 6) is 0.937. The minimum Gasteiger partial charge on any atom is -0.353 e. The van der Waals surface area contributed by atoms with Crippen LogP contribution in [0.4, 0.5) is 5.82 Å². The van der Waals surface area contributed by atoms with Crippen molar-refractivity contribution in [3.05, 3.63) is 99.3 Å². The van der Waals surface area contributed by atoms with E-state index < -0.39 is 0 Å². The number of hydrogen-bond acceptors (Lipinski definition) is 3. The molecule has 2 aromatic carbocycles. The lowest BCUT2D eigenvalue weighted by Gasteiger charge is -2.35. The highest BCUT2D eigenvalue weighted by Crippen LogP contribution is 2.34. The molecule has 0 aliphatic carbocycles. The quantitative estimate of drug-likeness (QED) is 0.295. The summed E-state index contributed by atoms with van der Waals surface area (Å²) in [6.45, 7) is 4.66. The largest absolute Gasteiger partial charge is 0.353 e. The number of rotatable bonds is 4. The van der Waals surface area contributed by atoms with Crippen LogP contribution in [0.1, 0.15) is 16.1 Å². The van der Waals surface area contributed by atoms with Crippen LogP contribution in [0.5, 0.6) is 0 Å². The van der Waals surface area contributed by atoms with Crippen LogP contribution in [0.25, 0.3) is 16.9 Å². The summed E-state index contributed by atoms with van der Waals surface area (Å²) in [7, 11) is 0. The van der Waals surface area contributed by atoms with Gasteiger partial charge in [0.25, 0.3) is 5.91 Å². The molecule has 0 radical (unpaired) electrons. The first-order valence-electron chi connectivity index (χ1n) is 11.3. The molecule has 4 aromatic rings. The lowest BCUT2D eigenvalue weighted by atomic mass is 10.1. The minimum absolute atomic E-state index is 0.00206. The number of nitrogens with zero attached hydrogens (tertiary/aromatic N) is 4. The van der Waals surface area contributed by atoms with E-state index >= 15 is 0 Å². The summed E-state index contributed by atoms with van der Waals surface area (Å²) in [5, 5.41) is 1.71. The first-order chi connectivity index (χ1) is 16.9. The van der Waals surface area contributed by atoms with Gasteiger partial charge in [0.1, 0.15) is 5.82 Å². The summed E-state index contributed by atoms with van der Waals surface area (Å²) in [6, 6.07) is 20.8. The Morgan fingerprint density at radius 2 is 1.57 bits per heavy atom. The highest BCUT2D eigenvalue weighted by atomic mass is 35.5. The molecule has 5 nitrogen and oxygen atoms in total. The van der Waals surface area contributed by atoms with Crippen molar-refractivity contribution in [2.45, 2.75) is 6.92 Å². The van der Waals surface area contributed by atoms with Crippen LogP contribution in [0, 0.1) is 6.92 Å². The van der Waals surface area contributed by atoms with E-state index in [-0.39, 0.29) is 5.91 Å². The molecule has 1 aliphatic heterocycles. The SMILES string of the molecule is Cc1c(C(=O)N2CCN(c3ccccn3)CC2)cc(-c2ccc(Cl)cc2)n1-c1ccc(Cl)cc1Cl. The molecule has 35 heavy (non-hydrogen) atoms. The van der Waals surface area contributed by atoms with Crippen molar-refractivity contribution in [1.29, 1.82) is 0 Å². The Morgan fingerprint density at radius 3 is 2.23 bits per heavy atom. The fourth-order valence-electron chi connectivity index (χ4n) is 4.48. The van der Waals surface area contributed by atoms with Gasteiger partial charge in [-0.1, -0.05) is 53.0 Å². The molecule has 2 aromatic heterocycles. The van der Waals surface area contributed by atoms with Crippen molar-refractivity contribution in [2.24, 2.45) is 0 Å². The monoisotopic (exact) mass is 524 g/mol. The lowest BCUT2D eigenvalue weighted by molar-refractivity contribution is 0.0746. The van der Waals surface area contributed by atoms with E-state index in [1.54, 1.807) is 18.3 Å². The normalized spacial score (nSPS) is 13.8. The fraction of sp³-hybridized carbons (Fsp3) is 0.185. The Kier molecular flexibility index (Phi) is 6.74. The molecular formula is C27H23Cl3N4O. The first kappa shape index (κ1) is 23.7. The van der Waals surface area contributed by atoms with Gasteiger partial charge in [-0.3, -0.25) is 4.79 Å². The molecule has 5 rings (SSSR count). The van der Waals surface area contributed by atoms with Gasteiger partial charge >= 0.3 is 0 Å². The molecule has 0 N–H and O–H groups in total. The molecule has 1 saturated heterocycles. The molecule has 178 valence electrons. The highest BCUT2D eigenvalue weighted by molar-refractivity contribution is 6.35. The minimum atomic E-state index is 0.00206. The summed E-state index contributed by atoms with van der Waals surface area (Å²) >= 11 is 18.9. The molecule has 1 fully saturated rings. The predicted molar refractivity (Wildman–Crippen MR) is 143 cm³/mol. The molecule has 1 amide bonds. The molecule has 3 heterocycles. The number of hydrogen-bond donors (Lipinski definition) is 0. The van der Waals surface area contributed by atoms with E-state index in [2.05, 4.69) is 9.88 Å². The van der Waals surface area contributed by atoms with Crippen molar-refractivity contribution in [3.8, 4) is 16.9 Å². The van der Waals surface area contributed by atoms with Crippen LogP contribution in [0.3, 0.4) is 0 Å².